The first kappa shape index (κ1) is 21.4. The Hall–Kier alpha value is -2.47. The summed E-state index contributed by atoms with van der Waals surface area (Å²) in [4.78, 5) is 33.7. The lowest BCUT2D eigenvalue weighted by Gasteiger charge is -2.37. The molecule has 0 bridgehead atoms. The van der Waals surface area contributed by atoms with Crippen LogP contribution in [0.2, 0.25) is 0 Å². The zero-order valence-electron chi connectivity index (χ0n) is 19.3. The van der Waals surface area contributed by atoms with Gasteiger partial charge in [-0.05, 0) is 48.6 Å². The number of carbonyl (C=O) groups is 2. The number of carbonyl (C=O) groups excluding carboxylic acids is 2. The van der Waals surface area contributed by atoms with Gasteiger partial charge in [0.25, 0.3) is 5.91 Å². The topological polar surface area (TPSA) is 59.5 Å². The van der Waals surface area contributed by atoms with E-state index in [1.165, 1.54) is 16.9 Å². The molecule has 1 aromatic heterocycles. The number of Topliss-reactive ketones (excluding diaryl/α,β-unsaturated/α-hetero) is 1. The van der Waals surface area contributed by atoms with Crippen LogP contribution in [-0.2, 0) is 19.7 Å². The molecule has 1 aromatic carbocycles. The van der Waals surface area contributed by atoms with Gasteiger partial charge >= 0.3 is 0 Å². The first-order valence-corrected chi connectivity index (χ1v) is 12.3. The van der Waals surface area contributed by atoms with Crippen molar-refractivity contribution in [3.63, 3.8) is 0 Å². The van der Waals surface area contributed by atoms with Crippen molar-refractivity contribution in [3.05, 3.63) is 57.8 Å². The van der Waals surface area contributed by atoms with E-state index in [4.69, 9.17) is 4.74 Å². The average Bonchev–Trinajstić information content (AvgIpc) is 3.29. The van der Waals surface area contributed by atoms with Crippen LogP contribution in [0.5, 0.6) is 0 Å². The third-order valence-electron chi connectivity index (χ3n) is 7.02. The van der Waals surface area contributed by atoms with Crippen molar-refractivity contribution in [2.24, 2.45) is 11.8 Å². The molecule has 5 nitrogen and oxygen atoms in total. The standard InChI is InChI=1S/C26H30N2O3S/c1-14-6-11-19-18(12-14)22(29)20-21(16-7-9-17(10-8-16)26(3,4)5)28(24(30)23(20)31-19)25-27-15(2)13-32-25/h7-10,13-14,18-19,21H,6,11-12H2,1-5H3. The fourth-order valence-electron chi connectivity index (χ4n) is 5.21. The number of amides is 1. The van der Waals surface area contributed by atoms with Gasteiger partial charge in [0.05, 0.1) is 23.2 Å². The maximum absolute atomic E-state index is 13.8. The van der Waals surface area contributed by atoms with Crippen LogP contribution in [0.15, 0.2) is 41.0 Å². The molecule has 4 unspecified atom stereocenters. The molecule has 0 saturated heterocycles. The summed E-state index contributed by atoms with van der Waals surface area (Å²) in [7, 11) is 0. The SMILES string of the molecule is Cc1csc(N2C(=O)C3=C(C(=O)C4CC(C)CCC4O3)C2c2ccc(C(C)(C)C)cc2)n1. The fourth-order valence-corrected chi connectivity index (χ4v) is 6.03. The molecule has 5 rings (SSSR count). The molecule has 1 fully saturated rings. The first-order chi connectivity index (χ1) is 15.1. The Morgan fingerprint density at radius 1 is 1.12 bits per heavy atom. The number of thiazole rings is 1. The minimum atomic E-state index is -0.497. The van der Waals surface area contributed by atoms with E-state index in [0.29, 0.717) is 16.6 Å². The van der Waals surface area contributed by atoms with Gasteiger partial charge in [-0.1, -0.05) is 52.0 Å². The monoisotopic (exact) mass is 450 g/mol. The second-order valence-electron chi connectivity index (χ2n) is 10.5. The Balaban J connectivity index is 1.62. The molecule has 0 N–H and O–H groups in total. The lowest BCUT2D eigenvalue weighted by atomic mass is 9.74. The number of anilines is 1. The average molecular weight is 451 g/mol. The van der Waals surface area contributed by atoms with Crippen LogP contribution >= 0.6 is 11.3 Å². The number of aromatic nitrogens is 1. The Kier molecular flexibility index (Phi) is 5.04. The largest absolute Gasteiger partial charge is 0.483 e. The second kappa shape index (κ2) is 7.55. The van der Waals surface area contributed by atoms with E-state index >= 15 is 0 Å². The van der Waals surface area contributed by atoms with Crippen LogP contribution in [0.25, 0.3) is 0 Å². The summed E-state index contributed by atoms with van der Waals surface area (Å²) in [6.07, 6.45) is 2.48. The molecule has 32 heavy (non-hydrogen) atoms. The van der Waals surface area contributed by atoms with Crippen molar-refractivity contribution < 1.29 is 14.3 Å². The summed E-state index contributed by atoms with van der Waals surface area (Å²) in [5.74, 6) is 0.398. The Morgan fingerprint density at radius 2 is 1.84 bits per heavy atom. The molecule has 0 radical (unpaired) electrons. The molecule has 1 aliphatic carbocycles. The van der Waals surface area contributed by atoms with Gasteiger partial charge < -0.3 is 4.74 Å². The zero-order chi connectivity index (χ0) is 22.8. The summed E-state index contributed by atoms with van der Waals surface area (Å²) >= 11 is 1.43. The molecule has 3 aliphatic rings. The minimum Gasteiger partial charge on any atom is -0.483 e. The lowest BCUT2D eigenvalue weighted by molar-refractivity contribution is -0.132. The van der Waals surface area contributed by atoms with E-state index in [1.54, 1.807) is 4.90 Å². The molecule has 1 saturated carbocycles. The van der Waals surface area contributed by atoms with E-state index in [1.807, 2.05) is 24.4 Å². The van der Waals surface area contributed by atoms with Crippen molar-refractivity contribution in [3.8, 4) is 0 Å². The summed E-state index contributed by atoms with van der Waals surface area (Å²) in [6.45, 7) is 10.6. The Morgan fingerprint density at radius 3 is 2.47 bits per heavy atom. The molecule has 2 aliphatic heterocycles. The molecular formula is C26H30N2O3S. The van der Waals surface area contributed by atoms with Gasteiger partial charge in [-0.2, -0.15) is 0 Å². The number of rotatable bonds is 2. The molecule has 1 amide bonds. The van der Waals surface area contributed by atoms with Crippen molar-refractivity contribution in [1.82, 2.24) is 4.98 Å². The van der Waals surface area contributed by atoms with Gasteiger partial charge in [-0.25, -0.2) is 4.98 Å². The van der Waals surface area contributed by atoms with Crippen LogP contribution < -0.4 is 4.90 Å². The Bertz CT molecular complexity index is 1110. The number of fused-ring (bicyclic) bond motifs is 1. The molecule has 3 heterocycles. The zero-order valence-corrected chi connectivity index (χ0v) is 20.2. The fraction of sp³-hybridized carbons (Fsp3) is 0.500. The summed E-state index contributed by atoms with van der Waals surface area (Å²) in [6, 6.07) is 7.80. The highest BCUT2D eigenvalue weighted by Crippen LogP contribution is 2.49. The highest BCUT2D eigenvalue weighted by molar-refractivity contribution is 7.14. The quantitative estimate of drug-likeness (QED) is 0.607. The van der Waals surface area contributed by atoms with E-state index < -0.39 is 6.04 Å². The predicted octanol–water partition coefficient (Wildman–Crippen LogP) is 5.50. The molecule has 2 aromatic rings. The minimum absolute atomic E-state index is 0.0236. The molecular weight excluding hydrogens is 420 g/mol. The number of nitrogens with zero attached hydrogens (tertiary/aromatic N) is 2. The molecule has 168 valence electrons. The second-order valence-corrected chi connectivity index (χ2v) is 11.3. The van der Waals surface area contributed by atoms with E-state index in [-0.39, 0.29) is 34.9 Å². The molecule has 0 spiro atoms. The van der Waals surface area contributed by atoms with E-state index in [2.05, 4.69) is 44.8 Å². The van der Waals surface area contributed by atoms with Gasteiger partial charge in [0.1, 0.15) is 6.10 Å². The highest BCUT2D eigenvalue weighted by atomic mass is 32.1. The van der Waals surface area contributed by atoms with Crippen LogP contribution in [0.4, 0.5) is 5.13 Å². The highest BCUT2D eigenvalue weighted by Gasteiger charge is 2.53. The molecule has 6 heteroatoms. The van der Waals surface area contributed by atoms with Crippen LogP contribution in [-0.4, -0.2) is 22.8 Å². The van der Waals surface area contributed by atoms with Gasteiger partial charge in [0, 0.05) is 5.38 Å². The summed E-state index contributed by atoms with van der Waals surface area (Å²) in [5.41, 5.74) is 3.53. The van der Waals surface area contributed by atoms with Crippen LogP contribution in [0.1, 0.15) is 69.8 Å². The third-order valence-corrected chi connectivity index (χ3v) is 7.97. The third kappa shape index (κ3) is 3.40. The number of aryl methyl sites for hydroxylation is 1. The first-order valence-electron chi connectivity index (χ1n) is 11.5. The van der Waals surface area contributed by atoms with Gasteiger partial charge in [0.15, 0.2) is 16.7 Å². The van der Waals surface area contributed by atoms with Gasteiger partial charge in [-0.3, -0.25) is 14.5 Å². The van der Waals surface area contributed by atoms with Crippen molar-refractivity contribution in [1.29, 1.82) is 0 Å². The molecule has 4 atom stereocenters. The van der Waals surface area contributed by atoms with E-state index in [0.717, 1.165) is 30.5 Å². The van der Waals surface area contributed by atoms with Crippen molar-refractivity contribution in [2.75, 3.05) is 4.90 Å². The lowest BCUT2D eigenvalue weighted by Crippen LogP contribution is -2.41. The predicted molar refractivity (Wildman–Crippen MR) is 126 cm³/mol. The summed E-state index contributed by atoms with van der Waals surface area (Å²) in [5, 5.41) is 2.55. The smallest absolute Gasteiger partial charge is 0.296 e. The number of hydrogen-bond donors (Lipinski definition) is 0. The van der Waals surface area contributed by atoms with Crippen molar-refractivity contribution in [2.45, 2.75) is 71.4 Å². The number of hydrogen-bond acceptors (Lipinski definition) is 5. The van der Waals surface area contributed by atoms with E-state index in [9.17, 15) is 9.59 Å². The maximum atomic E-state index is 13.8. The number of benzene rings is 1. The normalized spacial score (nSPS) is 28.0. The van der Waals surface area contributed by atoms with Crippen LogP contribution in [0, 0.1) is 18.8 Å². The Labute approximate surface area is 193 Å². The van der Waals surface area contributed by atoms with Gasteiger partial charge in [-0.15, -0.1) is 11.3 Å². The van der Waals surface area contributed by atoms with Crippen LogP contribution in [0.3, 0.4) is 0 Å². The maximum Gasteiger partial charge on any atom is 0.296 e. The van der Waals surface area contributed by atoms with Crippen molar-refractivity contribution >= 4 is 28.2 Å². The van der Waals surface area contributed by atoms with Gasteiger partial charge in [0.2, 0.25) is 0 Å². The number of ketones is 1. The summed E-state index contributed by atoms with van der Waals surface area (Å²) < 4.78 is 6.28. The number of ether oxygens (including phenoxy) is 1.